The van der Waals surface area contributed by atoms with Gasteiger partial charge in [-0.2, -0.15) is 30.9 Å². The molecule has 0 unspecified atom stereocenters. The third kappa shape index (κ3) is 19.2. The molecule has 0 atom stereocenters. The molecule has 0 aliphatic heterocycles. The van der Waals surface area contributed by atoms with E-state index in [1.165, 1.54) is 30.3 Å². The number of pyridine rings is 4. The summed E-state index contributed by atoms with van der Waals surface area (Å²) in [6, 6.07) is 81.3. The quantitative estimate of drug-likeness (QED) is 0.0391. The Morgan fingerprint density at radius 3 is 1.14 bits per heavy atom. The first kappa shape index (κ1) is 91.4. The Kier molecular flexibility index (Phi) is 26.8. The van der Waals surface area contributed by atoms with Crippen molar-refractivity contribution in [3.63, 3.8) is 0 Å². The molecule has 0 fully saturated rings. The molecule has 0 saturated heterocycles. The number of carboxylic acids is 1. The highest BCUT2D eigenvalue weighted by Crippen LogP contribution is 2.46. The van der Waals surface area contributed by atoms with E-state index in [0.29, 0.717) is 129 Å². The summed E-state index contributed by atoms with van der Waals surface area (Å²) in [4.78, 5) is 42.4. The Bertz CT molecular complexity index is 8190. The van der Waals surface area contributed by atoms with Gasteiger partial charge in [-0.3, -0.25) is 43.5 Å². The molecule has 21 rings (SSSR count). The van der Waals surface area contributed by atoms with Crippen molar-refractivity contribution in [3.05, 3.63) is 330 Å². The first-order chi connectivity index (χ1) is 67.8. The minimum absolute atomic E-state index is 0.0267. The fourth-order valence-corrected chi connectivity index (χ4v) is 16.5. The number of aliphatic hydroxyl groups is 1. The van der Waals surface area contributed by atoms with E-state index in [-0.39, 0.29) is 24.3 Å². The van der Waals surface area contributed by atoms with Gasteiger partial charge in [-0.1, -0.05) is 170 Å². The molecule has 9 aromatic heterocycles. The lowest BCUT2D eigenvalue weighted by Gasteiger charge is -2.13. The smallest absolute Gasteiger partial charge is 0.338 e. The number of nitriles is 1. The van der Waals surface area contributed by atoms with E-state index in [0.717, 1.165) is 116 Å². The predicted molar refractivity (Wildman–Crippen MR) is 524 cm³/mol. The van der Waals surface area contributed by atoms with E-state index in [4.69, 9.17) is 58.5 Å². The van der Waals surface area contributed by atoms with E-state index < -0.39 is 29.1 Å². The number of aromatic amines is 1. The Hall–Kier alpha value is -18.1. The van der Waals surface area contributed by atoms with Gasteiger partial charge in [0.2, 0.25) is 5.82 Å². The van der Waals surface area contributed by atoms with E-state index in [1.54, 1.807) is 82.5 Å². The lowest BCUT2D eigenvalue weighted by atomic mass is 10.0. The second kappa shape index (κ2) is 40.8. The first-order valence-corrected chi connectivity index (χ1v) is 43.9. The minimum atomic E-state index is -1.34. The molecule has 1 amide bonds. The van der Waals surface area contributed by atoms with Crippen LogP contribution in [0.2, 0.25) is 0 Å². The van der Waals surface area contributed by atoms with Gasteiger partial charge in [-0.25, -0.2) is 13.6 Å². The van der Waals surface area contributed by atoms with Crippen LogP contribution in [0.4, 0.5) is 8.78 Å². The number of methoxy groups -OCH3 is 4. The van der Waals surface area contributed by atoms with Gasteiger partial charge in [-0.15, -0.1) is 10.2 Å². The number of carbonyl (C=O) groups excluding carboxylic acids is 1. The number of aromatic nitrogens is 16. The van der Waals surface area contributed by atoms with Crippen LogP contribution in [0.25, 0.3) is 144 Å². The summed E-state index contributed by atoms with van der Waals surface area (Å²) < 4.78 is 83.5. The first-order valence-electron chi connectivity index (χ1n) is 43.9. The van der Waals surface area contributed by atoms with Crippen LogP contribution >= 0.6 is 0 Å². The molecular weight excluding hydrogens is 1770 g/mol. The number of carboxylic acid groups (broad SMARTS) is 1. The van der Waals surface area contributed by atoms with Gasteiger partial charge < -0.3 is 53.4 Å². The number of ether oxygens (including phenoxy) is 8. The largest absolute Gasteiger partial charge is 0.493 e. The number of rotatable bonds is 26. The van der Waals surface area contributed by atoms with Crippen molar-refractivity contribution in [2.45, 2.75) is 32.8 Å². The van der Waals surface area contributed by atoms with Crippen molar-refractivity contribution in [2.24, 2.45) is 28.2 Å². The Labute approximate surface area is 792 Å². The fraction of sp³-hybridized carbons (Fsp3) is 0.140. The maximum Gasteiger partial charge on any atom is 0.338 e. The average Bonchev–Trinajstić information content (AvgIpc) is 1.61. The number of hydrogen-bond donors (Lipinski definition) is 4. The summed E-state index contributed by atoms with van der Waals surface area (Å²) in [7, 11) is 13.8. The highest BCUT2D eigenvalue weighted by Gasteiger charge is 2.27. The minimum Gasteiger partial charge on any atom is -0.493 e. The number of benzene rings is 12. The average molecular weight is 1860 g/mol. The van der Waals surface area contributed by atoms with Crippen LogP contribution in [-0.4, -0.2) is 143 Å². The monoisotopic (exact) mass is 1850 g/mol. The molecule has 139 heavy (non-hydrogen) atoms. The van der Waals surface area contributed by atoms with Crippen LogP contribution < -0.4 is 43.2 Å². The maximum absolute atomic E-state index is 15.2. The molecule has 0 bridgehead atoms. The third-order valence-corrected chi connectivity index (χ3v) is 23.4. The summed E-state index contributed by atoms with van der Waals surface area (Å²) in [6.07, 6.45) is 7.43. The lowest BCUT2D eigenvalue weighted by molar-refractivity contribution is 0.0691. The fourth-order valence-electron chi connectivity index (χ4n) is 16.5. The summed E-state index contributed by atoms with van der Waals surface area (Å²) in [5.41, 5.74) is 16.8. The van der Waals surface area contributed by atoms with E-state index >= 15 is 4.39 Å². The number of amides is 1. The number of tetrazole rings is 1. The number of carbonyl (C=O) groups is 2. The zero-order valence-corrected chi connectivity index (χ0v) is 76.4. The number of hydrogen-bond acceptors (Lipinski definition) is 23. The number of aliphatic hydroxyl groups excluding tert-OH is 1. The molecular formula is C107H88F2N18O12. The van der Waals surface area contributed by atoms with Gasteiger partial charge in [0.15, 0.2) is 46.0 Å². The molecule has 21 aromatic rings. The zero-order valence-electron chi connectivity index (χ0n) is 76.4. The normalized spacial score (nSPS) is 11.1. The molecule has 30 nitrogen and oxygen atoms in total. The number of fused-ring (bicyclic) bond motifs is 12. The van der Waals surface area contributed by atoms with E-state index in [9.17, 15) is 19.1 Å². The Balaban J connectivity index is 0.000000123. The van der Waals surface area contributed by atoms with Crippen molar-refractivity contribution in [2.75, 3.05) is 41.6 Å². The van der Waals surface area contributed by atoms with Crippen LogP contribution in [0.5, 0.6) is 46.0 Å². The second-order valence-electron chi connectivity index (χ2n) is 32.1. The summed E-state index contributed by atoms with van der Waals surface area (Å²) in [6.45, 7) is 1.34. The third-order valence-electron chi connectivity index (χ3n) is 23.4. The number of aromatic carboxylic acids is 1. The number of nitrogens with one attached hydrogen (secondary N) is 2. The molecule has 32 heteroatoms. The van der Waals surface area contributed by atoms with Crippen LogP contribution in [0.1, 0.15) is 48.5 Å². The number of nitrogens with zero attached hydrogens (tertiary/aromatic N) is 16. The topological polar surface area (TPSA) is 362 Å². The molecule has 0 saturated carbocycles. The van der Waals surface area contributed by atoms with E-state index in [1.807, 2.05) is 242 Å². The van der Waals surface area contributed by atoms with Crippen molar-refractivity contribution >= 4 is 99.1 Å². The predicted octanol–water partition coefficient (Wildman–Crippen LogP) is 19.4. The summed E-state index contributed by atoms with van der Waals surface area (Å²) in [5, 5.41) is 69.8. The van der Waals surface area contributed by atoms with Gasteiger partial charge in [-0.05, 0) is 93.7 Å². The van der Waals surface area contributed by atoms with E-state index in [2.05, 4.69) is 62.1 Å². The molecule has 0 aliphatic carbocycles. The Morgan fingerprint density at radius 1 is 0.403 bits per heavy atom. The second-order valence-corrected chi connectivity index (χ2v) is 32.1. The Morgan fingerprint density at radius 2 is 0.770 bits per heavy atom. The SMILES string of the molecule is COc1cc2ncc3c(c(-c4ccc(CC#N)cc4)nn3C)c2cc1OCc1ccccc1.COc1cc2ncc3c(c(-c4ccc(F)c(C(=O)NCCO)c4)nn3C)c2cc1OCc1ccccc1.COc1cc2ncc3c(c(-c4cccc(-c5nn[nH]n5)c4)nn3C)c2cc1OCc1ccccc1.COc1cc2ncc3c(c(-c4cccc(C(=O)O)c4F)nn3C)c2cc1OCc1ccccc1. The molecule has 0 radical (unpaired) electrons. The van der Waals surface area contributed by atoms with Crippen LogP contribution in [0, 0.1) is 23.0 Å². The van der Waals surface area contributed by atoms with Gasteiger partial charge >= 0.3 is 5.97 Å². The van der Waals surface area contributed by atoms with Crippen LogP contribution in [-0.2, 0) is 61.0 Å². The number of H-pyrrole nitrogens is 1. The van der Waals surface area contributed by atoms with Crippen molar-refractivity contribution in [3.8, 4) is 108 Å². The highest BCUT2D eigenvalue weighted by atomic mass is 19.1. The number of halogens is 2. The van der Waals surface area contributed by atoms with Crippen molar-refractivity contribution in [1.29, 1.82) is 5.26 Å². The molecule has 4 N–H and O–H groups in total. The number of aryl methyl sites for hydroxylation is 4. The highest BCUT2D eigenvalue weighted by molar-refractivity contribution is 6.16. The van der Waals surface area contributed by atoms with Gasteiger partial charge in [0, 0.05) is 130 Å². The van der Waals surface area contributed by atoms with Crippen molar-refractivity contribution in [1.82, 2.24) is 85.0 Å². The lowest BCUT2D eigenvalue weighted by Crippen LogP contribution is -2.27. The van der Waals surface area contributed by atoms with Crippen LogP contribution in [0.15, 0.2) is 280 Å². The summed E-state index contributed by atoms with van der Waals surface area (Å²) >= 11 is 0. The van der Waals surface area contributed by atoms with Crippen LogP contribution in [0.3, 0.4) is 0 Å². The zero-order chi connectivity index (χ0) is 96.3. The maximum atomic E-state index is 15.2. The standard InChI is InChI=1S/C28H25FN4O4.C27H22N4O2.C26H20FN3O4.C26H21N7O2/c1-33-23-15-31-22-14-24(36-2)25(37-16-17-6-4-3-5-7-17)13-20(22)26(23)27(32-33)18-8-9-21(29)19(12-18)28(35)30-10-11-34;1-31-23-16-29-22-15-24(32-2)25(33-17-19-6-4-3-5-7-19)14-21(22)26(23)27(30-31)20-10-8-18(9-11-20)12-13-28;1-30-20-13-28-19-12-21(33-2)22(34-14-15-7-4-3-5-8-15)11-18(19)23(20)25(29-30)16-9-6-10-17(24(16)27)26(31)32;1-33-21-14-27-20-13-22(34-2)23(35-15-16-7-4-3-5-8-16)12-19(20)24(21)25(30-33)17-9-6-10-18(11-17)26-28-31-32-29-26/h3-9,12-15,34H,10-11,16H2,1-2H3,(H,30,35);3-11,14-16H,12,17H2,1-2H3;3-13H,14H2,1-2H3,(H,31,32);3-14H,15H2,1-2H3,(H,28,29,31,32). The molecule has 0 spiro atoms. The van der Waals surface area contributed by atoms with Gasteiger partial charge in [0.25, 0.3) is 5.91 Å². The van der Waals surface area contributed by atoms with Gasteiger partial charge in [0.05, 0.1) is 128 Å². The summed E-state index contributed by atoms with van der Waals surface area (Å²) in [5.74, 6) is 1.76. The molecule has 0 aliphatic rings. The molecule has 12 aromatic carbocycles. The molecule has 692 valence electrons. The van der Waals surface area contributed by atoms with Crippen molar-refractivity contribution < 1.29 is 66.5 Å². The van der Waals surface area contributed by atoms with Gasteiger partial charge in [0.1, 0.15) is 60.8 Å². The molecule has 9 heterocycles.